The molecule has 6 rings (SSSR count). The lowest BCUT2D eigenvalue weighted by molar-refractivity contribution is -0.137. The Bertz CT molecular complexity index is 1690. The molecule has 11 heteroatoms. The highest BCUT2D eigenvalue weighted by atomic mass is 16.5. The van der Waals surface area contributed by atoms with Crippen LogP contribution in [-0.2, 0) is 27.4 Å². The van der Waals surface area contributed by atoms with Gasteiger partial charge < -0.3 is 34.3 Å². The van der Waals surface area contributed by atoms with Gasteiger partial charge in [-0.3, -0.25) is 14.4 Å². The van der Waals surface area contributed by atoms with Crippen molar-refractivity contribution >= 4 is 28.8 Å². The van der Waals surface area contributed by atoms with Gasteiger partial charge in [-0.25, -0.2) is 4.98 Å². The Balaban J connectivity index is 1.21. The van der Waals surface area contributed by atoms with Crippen molar-refractivity contribution in [3.05, 3.63) is 83.7 Å². The van der Waals surface area contributed by atoms with Crippen molar-refractivity contribution in [2.24, 2.45) is 0 Å². The average molecular weight is 626 g/mol. The summed E-state index contributed by atoms with van der Waals surface area (Å²) < 4.78 is 18.1. The lowest BCUT2D eigenvalue weighted by Gasteiger charge is -2.39. The van der Waals surface area contributed by atoms with Crippen LogP contribution in [0.4, 0.5) is 0 Å². The summed E-state index contributed by atoms with van der Waals surface area (Å²) in [5.74, 6) is 1.67. The van der Waals surface area contributed by atoms with E-state index in [1.807, 2.05) is 55.5 Å². The van der Waals surface area contributed by atoms with Crippen LogP contribution in [0.5, 0.6) is 17.2 Å². The van der Waals surface area contributed by atoms with Crippen molar-refractivity contribution in [3.8, 4) is 17.2 Å². The van der Waals surface area contributed by atoms with Crippen molar-refractivity contribution in [1.82, 2.24) is 25.1 Å². The molecule has 4 aromatic rings. The minimum absolute atomic E-state index is 0.00572. The normalized spacial score (nSPS) is 18.9. The molecule has 1 fully saturated rings. The third kappa shape index (κ3) is 7.15. The fraction of sp³-hybridized carbons (Fsp3) is 0.371. The van der Waals surface area contributed by atoms with Crippen molar-refractivity contribution < 1.29 is 28.6 Å². The molecule has 0 aliphatic carbocycles. The van der Waals surface area contributed by atoms with E-state index in [1.165, 1.54) is 0 Å². The second kappa shape index (κ2) is 14.0. The molecule has 1 saturated heterocycles. The fourth-order valence-corrected chi connectivity index (χ4v) is 6.03. The summed E-state index contributed by atoms with van der Waals surface area (Å²) in [6.07, 6.45) is 1.57. The van der Waals surface area contributed by atoms with Gasteiger partial charge in [-0.05, 0) is 60.9 Å². The molecule has 0 radical (unpaired) electrons. The number of fused-ring (bicyclic) bond motifs is 6. The van der Waals surface area contributed by atoms with Crippen LogP contribution >= 0.6 is 0 Å². The largest absolute Gasteiger partial charge is 0.493 e. The number of aromatic nitrogens is 2. The zero-order valence-corrected chi connectivity index (χ0v) is 26.2. The van der Waals surface area contributed by atoms with Gasteiger partial charge >= 0.3 is 0 Å². The summed E-state index contributed by atoms with van der Waals surface area (Å²) in [4.78, 5) is 51.6. The highest BCUT2D eigenvalue weighted by molar-refractivity contribution is 5.97. The van der Waals surface area contributed by atoms with Crippen LogP contribution in [0.25, 0.3) is 11.0 Å². The third-order valence-electron chi connectivity index (χ3n) is 8.39. The van der Waals surface area contributed by atoms with Gasteiger partial charge in [0, 0.05) is 38.0 Å². The molecule has 3 amide bonds. The maximum Gasteiger partial charge on any atom is 0.254 e. The van der Waals surface area contributed by atoms with E-state index in [-0.39, 0.29) is 36.9 Å². The summed E-state index contributed by atoms with van der Waals surface area (Å²) in [6.45, 7) is 3.35. The van der Waals surface area contributed by atoms with E-state index in [0.29, 0.717) is 68.1 Å². The minimum Gasteiger partial charge on any atom is -0.493 e. The number of aromatic amines is 1. The highest BCUT2D eigenvalue weighted by Crippen LogP contribution is 2.33. The van der Waals surface area contributed by atoms with Gasteiger partial charge in [0.2, 0.25) is 11.8 Å². The van der Waals surface area contributed by atoms with Gasteiger partial charge in [0.25, 0.3) is 5.91 Å². The lowest BCUT2D eigenvalue weighted by atomic mass is 10.0. The van der Waals surface area contributed by atoms with Crippen molar-refractivity contribution in [2.45, 2.75) is 51.4 Å². The number of nitrogens with one attached hydrogen (secondary N) is 2. The minimum atomic E-state index is -0.450. The van der Waals surface area contributed by atoms with E-state index in [0.717, 1.165) is 22.4 Å². The van der Waals surface area contributed by atoms with Gasteiger partial charge in [0.15, 0.2) is 11.5 Å². The smallest absolute Gasteiger partial charge is 0.254 e. The van der Waals surface area contributed by atoms with E-state index < -0.39 is 6.10 Å². The van der Waals surface area contributed by atoms with Crippen LogP contribution in [0.1, 0.15) is 47.9 Å². The van der Waals surface area contributed by atoms with Crippen molar-refractivity contribution in [3.63, 3.8) is 0 Å². The summed E-state index contributed by atoms with van der Waals surface area (Å²) in [5, 5.41) is 3.12. The lowest BCUT2D eigenvalue weighted by Crippen LogP contribution is -2.57. The number of carbonyl (C=O) groups excluding carboxylic acids is 3. The summed E-state index contributed by atoms with van der Waals surface area (Å²) in [5.41, 5.74) is 3.09. The molecule has 11 nitrogen and oxygen atoms in total. The van der Waals surface area contributed by atoms with Gasteiger partial charge in [-0.15, -0.1) is 0 Å². The number of benzene rings is 3. The van der Waals surface area contributed by atoms with E-state index in [1.54, 1.807) is 35.1 Å². The van der Waals surface area contributed by atoms with Gasteiger partial charge in [0.1, 0.15) is 11.6 Å². The van der Waals surface area contributed by atoms with E-state index >= 15 is 0 Å². The quantitative estimate of drug-likeness (QED) is 0.324. The Morgan fingerprint density at radius 3 is 2.78 bits per heavy atom. The predicted molar refractivity (Wildman–Crippen MR) is 172 cm³/mol. The van der Waals surface area contributed by atoms with Crippen LogP contribution in [-0.4, -0.2) is 82.9 Å². The molecule has 2 atom stereocenters. The number of likely N-dealkylation sites (tertiary alicyclic amines) is 1. The molecule has 2 N–H and O–H groups in total. The number of ether oxygens (including phenoxy) is 3. The molecule has 3 aromatic carbocycles. The third-order valence-corrected chi connectivity index (χ3v) is 8.39. The van der Waals surface area contributed by atoms with Gasteiger partial charge in [-0.2, -0.15) is 0 Å². The topological polar surface area (TPSA) is 126 Å². The maximum absolute atomic E-state index is 13.6. The summed E-state index contributed by atoms with van der Waals surface area (Å²) in [7, 11) is 1.54. The number of rotatable bonds is 6. The van der Waals surface area contributed by atoms with E-state index in [2.05, 4.69) is 15.3 Å². The number of amides is 3. The van der Waals surface area contributed by atoms with E-state index in [4.69, 9.17) is 14.2 Å². The first-order valence-corrected chi connectivity index (χ1v) is 15.8. The number of hydrogen-bond donors (Lipinski definition) is 2. The van der Waals surface area contributed by atoms with Crippen LogP contribution in [0.3, 0.4) is 0 Å². The van der Waals surface area contributed by atoms with Gasteiger partial charge in [-0.1, -0.05) is 31.2 Å². The number of imidazole rings is 1. The Labute approximate surface area is 267 Å². The Kier molecular flexibility index (Phi) is 9.49. The standard InChI is InChI=1S/C35H39N5O6/c1-3-16-40-21-33(41)38-28-15-17-39(34(42)14-13-32-36-26-9-4-5-10-27(26)37-32)20-31(28)45-22-23-7-6-8-25(18-23)46-30-19-24(35(40)43)11-12-29(30)44-2/h4-12,18-19,28,31H,3,13-17,20-22H2,1-2H3,(H,36,37)(H,38,41)/t28-,31-/m0/s1. The number of carbonyl (C=O) groups is 3. The van der Waals surface area contributed by atoms with Crippen molar-refractivity contribution in [1.29, 1.82) is 0 Å². The first-order valence-electron chi connectivity index (χ1n) is 15.8. The predicted octanol–water partition coefficient (Wildman–Crippen LogP) is 4.46. The average Bonchev–Trinajstić information content (AvgIpc) is 3.49. The molecule has 0 saturated carbocycles. The zero-order valence-electron chi connectivity index (χ0n) is 26.2. The number of H-pyrrole nitrogens is 1. The van der Waals surface area contributed by atoms with Gasteiger partial charge in [0.05, 0.1) is 43.4 Å². The second-order valence-corrected chi connectivity index (χ2v) is 11.7. The number of aryl methyl sites for hydroxylation is 1. The molecule has 0 unspecified atom stereocenters. The molecule has 3 heterocycles. The first kappa shape index (κ1) is 31.1. The molecular formula is C35H39N5O6. The fourth-order valence-electron chi connectivity index (χ4n) is 6.03. The molecule has 2 aliphatic heterocycles. The maximum atomic E-state index is 13.6. The molecule has 46 heavy (non-hydrogen) atoms. The number of nitrogens with zero attached hydrogens (tertiary/aromatic N) is 3. The van der Waals surface area contributed by atoms with Crippen LogP contribution in [0.2, 0.25) is 0 Å². The monoisotopic (exact) mass is 625 g/mol. The highest BCUT2D eigenvalue weighted by Gasteiger charge is 2.34. The van der Waals surface area contributed by atoms with Crippen LogP contribution < -0.4 is 14.8 Å². The molecule has 1 aromatic heterocycles. The summed E-state index contributed by atoms with van der Waals surface area (Å²) >= 11 is 0. The second-order valence-electron chi connectivity index (χ2n) is 11.7. The first-order chi connectivity index (χ1) is 22.4. The number of methoxy groups -OCH3 is 1. The molecule has 0 spiro atoms. The number of para-hydroxylation sites is 2. The number of piperidine rings is 1. The molecular weight excluding hydrogens is 586 g/mol. The van der Waals surface area contributed by atoms with Crippen LogP contribution in [0, 0.1) is 0 Å². The molecule has 240 valence electrons. The molecule has 2 aliphatic rings. The zero-order chi connectivity index (χ0) is 32.0. The summed E-state index contributed by atoms with van der Waals surface area (Å²) in [6, 6.07) is 20.0. The van der Waals surface area contributed by atoms with E-state index in [9.17, 15) is 14.4 Å². The molecule has 4 bridgehead atoms. The Morgan fingerprint density at radius 1 is 1.09 bits per heavy atom. The van der Waals surface area contributed by atoms with Crippen molar-refractivity contribution in [2.75, 3.05) is 33.3 Å². The Hall–Kier alpha value is -4.90. The number of hydrogen-bond acceptors (Lipinski definition) is 7. The Morgan fingerprint density at radius 2 is 1.96 bits per heavy atom. The SMILES string of the molecule is CCCN1CC(=O)N[C@H]2CCN(C(=O)CCc3nc4ccccc4[nH]3)C[C@@H]2OCc2cccc(c2)Oc2cc(ccc2OC)C1=O. The van der Waals surface area contributed by atoms with Crippen LogP contribution in [0.15, 0.2) is 66.7 Å².